The Balaban J connectivity index is 1.77. The van der Waals surface area contributed by atoms with Crippen LogP contribution >= 0.6 is 0 Å². The molecule has 1 saturated carbocycles. The van der Waals surface area contributed by atoms with Gasteiger partial charge >= 0.3 is 0 Å². The van der Waals surface area contributed by atoms with Crippen LogP contribution in [0.4, 0.5) is 0 Å². The molecule has 1 atom stereocenters. The van der Waals surface area contributed by atoms with Crippen LogP contribution in [0.25, 0.3) is 0 Å². The average molecular weight is 437 g/mol. The molecule has 1 fully saturated rings. The first-order valence-electron chi connectivity index (χ1n) is 11.7. The molecule has 5 nitrogen and oxygen atoms in total. The van der Waals surface area contributed by atoms with Gasteiger partial charge in [0.05, 0.1) is 13.5 Å². The van der Waals surface area contributed by atoms with Crippen LogP contribution < -0.4 is 10.1 Å². The van der Waals surface area contributed by atoms with Crippen LogP contribution in [0.1, 0.15) is 61.3 Å². The molecule has 0 aliphatic heterocycles. The second-order valence-corrected chi connectivity index (χ2v) is 8.98. The van der Waals surface area contributed by atoms with Crippen LogP contribution in [0.2, 0.25) is 0 Å². The molecule has 0 radical (unpaired) electrons. The summed E-state index contributed by atoms with van der Waals surface area (Å²) in [5.74, 6) is 0.652. The molecule has 0 unspecified atom stereocenters. The van der Waals surface area contributed by atoms with Gasteiger partial charge in [-0.25, -0.2) is 0 Å². The van der Waals surface area contributed by atoms with Gasteiger partial charge in [0.2, 0.25) is 11.8 Å². The quantitative estimate of drug-likeness (QED) is 0.651. The third-order valence-electron chi connectivity index (χ3n) is 6.56. The Morgan fingerprint density at radius 3 is 2.28 bits per heavy atom. The second-order valence-electron chi connectivity index (χ2n) is 8.98. The first-order valence-corrected chi connectivity index (χ1v) is 11.7. The lowest BCUT2D eigenvalue weighted by molar-refractivity contribution is -0.140. The summed E-state index contributed by atoms with van der Waals surface area (Å²) in [6.45, 7) is 6.33. The summed E-state index contributed by atoms with van der Waals surface area (Å²) in [6.07, 6.45) is 5.86. The molecule has 2 aromatic carbocycles. The van der Waals surface area contributed by atoms with Crippen molar-refractivity contribution in [3.63, 3.8) is 0 Å². The van der Waals surface area contributed by atoms with Crippen molar-refractivity contribution in [3.05, 3.63) is 64.7 Å². The average Bonchev–Trinajstić information content (AvgIpc) is 2.80. The monoisotopic (exact) mass is 436 g/mol. The van der Waals surface area contributed by atoms with E-state index < -0.39 is 6.04 Å². The van der Waals surface area contributed by atoms with Crippen molar-refractivity contribution in [3.8, 4) is 5.75 Å². The number of nitrogens with one attached hydrogen (secondary N) is 1. The highest BCUT2D eigenvalue weighted by Crippen LogP contribution is 2.20. The molecular formula is C27H36N2O3. The van der Waals surface area contributed by atoms with E-state index in [2.05, 4.69) is 25.2 Å². The molecular weight excluding hydrogens is 400 g/mol. The number of amides is 2. The maximum absolute atomic E-state index is 13.4. The fourth-order valence-electron chi connectivity index (χ4n) is 4.27. The number of rotatable bonds is 8. The molecule has 0 aromatic heterocycles. The third-order valence-corrected chi connectivity index (χ3v) is 6.56. The Hall–Kier alpha value is -2.82. The standard InChI is InChI=1S/C27H36N2O3/c1-19-10-11-23(16-20(19)2)17-26(30)29(18-22-12-14-25(32-4)15-13-22)21(3)27(31)28-24-8-6-5-7-9-24/h10-16,21,24H,5-9,17-18H2,1-4H3,(H,28,31)/t21-/m1/s1. The van der Waals surface area contributed by atoms with E-state index in [0.29, 0.717) is 6.54 Å². The number of ether oxygens (including phenoxy) is 1. The number of nitrogens with zero attached hydrogens (tertiary/aromatic N) is 1. The zero-order chi connectivity index (χ0) is 23.1. The van der Waals surface area contributed by atoms with Crippen molar-refractivity contribution >= 4 is 11.8 Å². The van der Waals surface area contributed by atoms with Crippen molar-refractivity contribution < 1.29 is 14.3 Å². The number of carbonyl (C=O) groups is 2. The van der Waals surface area contributed by atoms with E-state index >= 15 is 0 Å². The van der Waals surface area contributed by atoms with Gasteiger partial charge in [-0.15, -0.1) is 0 Å². The second kappa shape index (κ2) is 11.2. The van der Waals surface area contributed by atoms with E-state index in [9.17, 15) is 9.59 Å². The van der Waals surface area contributed by atoms with Crippen LogP contribution in [-0.2, 0) is 22.6 Å². The van der Waals surface area contributed by atoms with Crippen LogP contribution in [-0.4, -0.2) is 35.9 Å². The van der Waals surface area contributed by atoms with Gasteiger partial charge in [0.1, 0.15) is 11.8 Å². The van der Waals surface area contributed by atoms with Gasteiger partial charge in [0.25, 0.3) is 0 Å². The molecule has 0 bridgehead atoms. The minimum Gasteiger partial charge on any atom is -0.497 e. The van der Waals surface area contributed by atoms with Crippen molar-refractivity contribution in [1.82, 2.24) is 10.2 Å². The molecule has 2 amide bonds. The molecule has 3 rings (SSSR count). The van der Waals surface area contributed by atoms with Crippen molar-refractivity contribution in [2.45, 2.75) is 77.9 Å². The highest BCUT2D eigenvalue weighted by Gasteiger charge is 2.28. The van der Waals surface area contributed by atoms with Crippen LogP contribution in [0, 0.1) is 13.8 Å². The number of benzene rings is 2. The van der Waals surface area contributed by atoms with Gasteiger partial charge in [-0.2, -0.15) is 0 Å². The van der Waals surface area contributed by atoms with E-state index in [-0.39, 0.29) is 24.3 Å². The van der Waals surface area contributed by atoms with Crippen molar-refractivity contribution in [2.24, 2.45) is 0 Å². The lowest BCUT2D eigenvalue weighted by atomic mass is 9.95. The number of aryl methyl sites for hydroxylation is 2. The smallest absolute Gasteiger partial charge is 0.242 e. The summed E-state index contributed by atoms with van der Waals surface area (Å²) in [4.78, 5) is 28.2. The number of hydrogen-bond acceptors (Lipinski definition) is 3. The molecule has 32 heavy (non-hydrogen) atoms. The maximum Gasteiger partial charge on any atom is 0.242 e. The molecule has 0 spiro atoms. The molecule has 0 heterocycles. The lowest BCUT2D eigenvalue weighted by Gasteiger charge is -2.31. The van der Waals surface area contributed by atoms with Gasteiger partial charge in [-0.1, -0.05) is 49.6 Å². The van der Waals surface area contributed by atoms with Gasteiger partial charge in [0, 0.05) is 12.6 Å². The summed E-state index contributed by atoms with van der Waals surface area (Å²) in [5.41, 5.74) is 4.31. The summed E-state index contributed by atoms with van der Waals surface area (Å²) < 4.78 is 5.25. The lowest BCUT2D eigenvalue weighted by Crippen LogP contribution is -2.50. The molecule has 1 aliphatic carbocycles. The van der Waals surface area contributed by atoms with Crippen molar-refractivity contribution in [1.29, 1.82) is 0 Å². The zero-order valence-corrected chi connectivity index (χ0v) is 19.8. The van der Waals surface area contributed by atoms with Gasteiger partial charge in [-0.3, -0.25) is 9.59 Å². The predicted octanol–water partition coefficient (Wildman–Crippen LogP) is 4.72. The van der Waals surface area contributed by atoms with E-state index in [1.165, 1.54) is 17.5 Å². The molecule has 5 heteroatoms. The highest BCUT2D eigenvalue weighted by atomic mass is 16.5. The molecule has 1 aliphatic rings. The molecule has 172 valence electrons. The largest absolute Gasteiger partial charge is 0.497 e. The van der Waals surface area contributed by atoms with Crippen LogP contribution in [0.5, 0.6) is 5.75 Å². The van der Waals surface area contributed by atoms with Gasteiger partial charge in [0.15, 0.2) is 0 Å². The summed E-state index contributed by atoms with van der Waals surface area (Å²) in [5, 5.41) is 3.19. The SMILES string of the molecule is COc1ccc(CN(C(=O)Cc2ccc(C)c(C)c2)[C@H](C)C(=O)NC2CCCCC2)cc1. The Bertz CT molecular complexity index is 917. The van der Waals surface area contributed by atoms with Crippen LogP contribution in [0.3, 0.4) is 0 Å². The zero-order valence-electron chi connectivity index (χ0n) is 19.8. The van der Waals surface area contributed by atoms with E-state index in [4.69, 9.17) is 4.74 Å². The first-order chi connectivity index (χ1) is 15.4. The van der Waals surface area contributed by atoms with E-state index in [1.54, 1.807) is 12.0 Å². The topological polar surface area (TPSA) is 58.6 Å². The number of hydrogen-bond donors (Lipinski definition) is 1. The fourth-order valence-corrected chi connectivity index (χ4v) is 4.27. The summed E-state index contributed by atoms with van der Waals surface area (Å²) >= 11 is 0. The fraction of sp³-hybridized carbons (Fsp3) is 0.481. The van der Waals surface area contributed by atoms with Crippen LogP contribution in [0.15, 0.2) is 42.5 Å². The maximum atomic E-state index is 13.4. The Kier molecular flexibility index (Phi) is 8.32. The van der Waals surface area contributed by atoms with Gasteiger partial charge in [-0.05, 0) is 68.0 Å². The van der Waals surface area contributed by atoms with Crippen molar-refractivity contribution in [2.75, 3.05) is 7.11 Å². The molecule has 0 saturated heterocycles. The minimum atomic E-state index is -0.543. The first kappa shape index (κ1) is 23.8. The highest BCUT2D eigenvalue weighted by molar-refractivity contribution is 5.88. The normalized spacial score (nSPS) is 15.1. The number of carbonyl (C=O) groups excluding carboxylic acids is 2. The van der Waals surface area contributed by atoms with E-state index in [0.717, 1.165) is 42.6 Å². The molecule has 1 N–H and O–H groups in total. The molecule has 2 aromatic rings. The van der Waals surface area contributed by atoms with Gasteiger partial charge < -0.3 is 15.0 Å². The Labute approximate surface area is 192 Å². The third kappa shape index (κ3) is 6.35. The van der Waals surface area contributed by atoms with E-state index in [1.807, 2.05) is 43.3 Å². The number of methoxy groups -OCH3 is 1. The summed E-state index contributed by atoms with van der Waals surface area (Å²) in [6, 6.07) is 13.4. The minimum absolute atomic E-state index is 0.0460. The Morgan fingerprint density at radius 2 is 1.66 bits per heavy atom. The summed E-state index contributed by atoms with van der Waals surface area (Å²) in [7, 11) is 1.63. The Morgan fingerprint density at radius 1 is 1.00 bits per heavy atom. The predicted molar refractivity (Wildman–Crippen MR) is 128 cm³/mol.